The van der Waals surface area contributed by atoms with Crippen LogP contribution in [0.4, 0.5) is 0 Å². The summed E-state index contributed by atoms with van der Waals surface area (Å²) in [4.78, 5) is 16.4. The van der Waals surface area contributed by atoms with E-state index in [2.05, 4.69) is 43.3 Å². The summed E-state index contributed by atoms with van der Waals surface area (Å²) in [6, 6.07) is 4.75. The highest BCUT2D eigenvalue weighted by Gasteiger charge is 2.29. The zero-order chi connectivity index (χ0) is 18.6. The summed E-state index contributed by atoms with van der Waals surface area (Å²) in [6.07, 6.45) is 4.55. The molecular formula is C18H26N6OS2. The molecule has 2 aliphatic rings. The van der Waals surface area contributed by atoms with Gasteiger partial charge in [-0.3, -0.25) is 9.69 Å². The topological polar surface area (TPSA) is 75.9 Å². The standard InChI is InChI=1S/C18H26N6OS2/c1-13(27-18-20-21-22-24(18)15-4-5-15)17(25)19-11-14-6-8-23(9-7-14)12-16-3-2-10-26-16/h2-3,10,13-15H,4-9,11-12H2,1H3,(H,19,25). The van der Waals surface area contributed by atoms with E-state index in [0.717, 1.165) is 57.0 Å². The van der Waals surface area contributed by atoms with Crippen molar-refractivity contribution in [1.29, 1.82) is 0 Å². The molecule has 4 rings (SSSR count). The van der Waals surface area contributed by atoms with Crippen molar-refractivity contribution in [3.05, 3.63) is 22.4 Å². The summed E-state index contributed by atoms with van der Waals surface area (Å²) in [6.45, 7) is 5.97. The Bertz CT molecular complexity index is 737. The number of likely N-dealkylation sites (tertiary alicyclic amines) is 1. The van der Waals surface area contributed by atoms with Gasteiger partial charge in [-0.25, -0.2) is 4.68 Å². The van der Waals surface area contributed by atoms with Crippen LogP contribution >= 0.6 is 23.1 Å². The lowest BCUT2D eigenvalue weighted by Crippen LogP contribution is -2.40. The van der Waals surface area contributed by atoms with E-state index in [4.69, 9.17) is 0 Å². The number of thioether (sulfide) groups is 1. The number of thiophene rings is 1. The Morgan fingerprint density at radius 2 is 2.19 bits per heavy atom. The Labute approximate surface area is 167 Å². The van der Waals surface area contributed by atoms with E-state index in [9.17, 15) is 4.79 Å². The molecule has 3 heterocycles. The summed E-state index contributed by atoms with van der Waals surface area (Å²) >= 11 is 3.28. The average Bonchev–Trinajstić information content (AvgIpc) is 3.19. The van der Waals surface area contributed by atoms with Crippen molar-refractivity contribution in [3.63, 3.8) is 0 Å². The van der Waals surface area contributed by atoms with Gasteiger partial charge in [0.2, 0.25) is 11.1 Å². The molecule has 7 nitrogen and oxygen atoms in total. The first-order chi connectivity index (χ1) is 13.2. The maximum Gasteiger partial charge on any atom is 0.233 e. The van der Waals surface area contributed by atoms with Gasteiger partial charge in [0.15, 0.2) is 0 Å². The molecule has 1 amide bonds. The molecule has 1 aliphatic heterocycles. The molecule has 2 fully saturated rings. The number of nitrogens with one attached hydrogen (secondary N) is 1. The minimum Gasteiger partial charge on any atom is -0.355 e. The van der Waals surface area contributed by atoms with Gasteiger partial charge in [0.05, 0.1) is 11.3 Å². The van der Waals surface area contributed by atoms with Gasteiger partial charge >= 0.3 is 0 Å². The summed E-state index contributed by atoms with van der Waals surface area (Å²) in [5.41, 5.74) is 0. The number of amides is 1. The van der Waals surface area contributed by atoms with Crippen LogP contribution in [0.25, 0.3) is 0 Å². The second-order valence-electron chi connectivity index (χ2n) is 7.44. The van der Waals surface area contributed by atoms with Gasteiger partial charge in [0, 0.05) is 18.0 Å². The van der Waals surface area contributed by atoms with E-state index in [0.29, 0.717) is 12.0 Å². The molecular weight excluding hydrogens is 380 g/mol. The van der Waals surface area contributed by atoms with Crippen molar-refractivity contribution >= 4 is 29.0 Å². The molecule has 1 aliphatic carbocycles. The molecule has 0 radical (unpaired) electrons. The number of piperidine rings is 1. The molecule has 27 heavy (non-hydrogen) atoms. The van der Waals surface area contributed by atoms with Crippen molar-refractivity contribution in [2.45, 2.75) is 55.6 Å². The van der Waals surface area contributed by atoms with E-state index in [1.165, 1.54) is 16.6 Å². The van der Waals surface area contributed by atoms with Crippen molar-refractivity contribution in [1.82, 2.24) is 30.4 Å². The fraction of sp³-hybridized carbons (Fsp3) is 0.667. The molecule has 1 N–H and O–H groups in total. The minimum atomic E-state index is -0.188. The quantitative estimate of drug-likeness (QED) is 0.679. The first-order valence-electron chi connectivity index (χ1n) is 9.66. The third-order valence-electron chi connectivity index (χ3n) is 5.24. The first-order valence-corrected chi connectivity index (χ1v) is 11.4. The van der Waals surface area contributed by atoms with E-state index in [-0.39, 0.29) is 11.2 Å². The highest BCUT2D eigenvalue weighted by Crippen LogP contribution is 2.37. The van der Waals surface area contributed by atoms with Crippen molar-refractivity contribution in [2.24, 2.45) is 5.92 Å². The molecule has 1 atom stereocenters. The van der Waals surface area contributed by atoms with Gasteiger partial charge < -0.3 is 5.32 Å². The van der Waals surface area contributed by atoms with Crippen LogP contribution < -0.4 is 5.32 Å². The van der Waals surface area contributed by atoms with Crippen LogP contribution in [0.2, 0.25) is 0 Å². The van der Waals surface area contributed by atoms with Gasteiger partial charge in [-0.1, -0.05) is 17.8 Å². The number of carbonyl (C=O) groups excluding carboxylic acids is 1. The minimum absolute atomic E-state index is 0.0753. The fourth-order valence-corrected chi connectivity index (χ4v) is 5.01. The second-order valence-corrected chi connectivity index (χ2v) is 9.78. The molecule has 146 valence electrons. The largest absolute Gasteiger partial charge is 0.355 e. The van der Waals surface area contributed by atoms with Gasteiger partial charge in [-0.15, -0.1) is 16.4 Å². The number of hydrogen-bond acceptors (Lipinski definition) is 7. The highest BCUT2D eigenvalue weighted by atomic mass is 32.2. The predicted molar refractivity (Wildman–Crippen MR) is 107 cm³/mol. The van der Waals surface area contributed by atoms with Crippen LogP contribution in [0.1, 0.15) is 43.5 Å². The lowest BCUT2D eigenvalue weighted by molar-refractivity contribution is -0.120. The summed E-state index contributed by atoms with van der Waals surface area (Å²) in [5.74, 6) is 0.647. The molecule has 0 aromatic carbocycles. The molecule has 9 heteroatoms. The Morgan fingerprint density at radius 3 is 2.89 bits per heavy atom. The zero-order valence-corrected chi connectivity index (χ0v) is 17.2. The van der Waals surface area contributed by atoms with Gasteiger partial charge in [0.25, 0.3) is 0 Å². The van der Waals surface area contributed by atoms with E-state index < -0.39 is 0 Å². The zero-order valence-electron chi connectivity index (χ0n) is 15.6. The summed E-state index contributed by atoms with van der Waals surface area (Å²) < 4.78 is 1.86. The first kappa shape index (κ1) is 18.9. The monoisotopic (exact) mass is 406 g/mol. The number of nitrogens with zero attached hydrogens (tertiary/aromatic N) is 5. The second kappa shape index (κ2) is 8.70. The molecule has 1 unspecified atom stereocenters. The third kappa shape index (κ3) is 5.08. The molecule has 2 aromatic heterocycles. The van der Waals surface area contributed by atoms with Gasteiger partial charge in [-0.05, 0) is 73.5 Å². The van der Waals surface area contributed by atoms with E-state index in [1.807, 2.05) is 22.9 Å². The van der Waals surface area contributed by atoms with Crippen molar-refractivity contribution in [2.75, 3.05) is 19.6 Å². The number of aromatic nitrogens is 4. The predicted octanol–water partition coefficient (Wildman–Crippen LogP) is 2.58. The number of tetrazole rings is 1. The Hall–Kier alpha value is -1.45. The number of hydrogen-bond donors (Lipinski definition) is 1. The van der Waals surface area contributed by atoms with Gasteiger partial charge in [0.1, 0.15) is 0 Å². The number of rotatable bonds is 8. The third-order valence-corrected chi connectivity index (χ3v) is 7.15. The van der Waals surface area contributed by atoms with Crippen LogP contribution in [-0.4, -0.2) is 55.9 Å². The maximum absolute atomic E-state index is 12.5. The molecule has 0 bridgehead atoms. The van der Waals surface area contributed by atoms with Crippen LogP contribution in [0.3, 0.4) is 0 Å². The molecule has 0 spiro atoms. The van der Waals surface area contributed by atoms with Crippen LogP contribution in [-0.2, 0) is 11.3 Å². The van der Waals surface area contributed by atoms with E-state index in [1.54, 1.807) is 0 Å². The lowest BCUT2D eigenvalue weighted by atomic mass is 9.96. The van der Waals surface area contributed by atoms with Crippen LogP contribution in [0.5, 0.6) is 0 Å². The molecule has 2 aromatic rings. The smallest absolute Gasteiger partial charge is 0.233 e. The Kier molecular flexibility index (Phi) is 6.09. The van der Waals surface area contributed by atoms with Crippen LogP contribution in [0, 0.1) is 5.92 Å². The lowest BCUT2D eigenvalue weighted by Gasteiger charge is -2.31. The SMILES string of the molecule is CC(Sc1nnnn1C1CC1)C(=O)NCC1CCN(Cc2cccs2)CC1. The summed E-state index contributed by atoms with van der Waals surface area (Å²) in [7, 11) is 0. The van der Waals surface area contributed by atoms with Gasteiger partial charge in [-0.2, -0.15) is 0 Å². The molecule has 1 saturated heterocycles. The van der Waals surface area contributed by atoms with E-state index >= 15 is 0 Å². The normalized spacial score (nSPS) is 19.9. The van der Waals surface area contributed by atoms with Crippen molar-refractivity contribution < 1.29 is 4.79 Å². The van der Waals surface area contributed by atoms with Crippen molar-refractivity contribution in [3.8, 4) is 0 Å². The Morgan fingerprint density at radius 1 is 1.37 bits per heavy atom. The van der Waals surface area contributed by atoms with Crippen LogP contribution in [0.15, 0.2) is 22.7 Å². The fourth-order valence-electron chi connectivity index (χ4n) is 3.38. The molecule has 1 saturated carbocycles. The summed E-state index contributed by atoms with van der Waals surface area (Å²) in [5, 5.41) is 17.7. The maximum atomic E-state index is 12.5. The highest BCUT2D eigenvalue weighted by molar-refractivity contribution is 8.00. The Balaban J connectivity index is 1.17. The number of carbonyl (C=O) groups is 1. The average molecular weight is 407 g/mol.